The van der Waals surface area contributed by atoms with E-state index in [-0.39, 0.29) is 0 Å². The van der Waals surface area contributed by atoms with E-state index in [2.05, 4.69) is 144 Å². The molecule has 0 saturated heterocycles. The number of benzene rings is 7. The molecule has 0 radical (unpaired) electrons. The van der Waals surface area contributed by atoms with Crippen LogP contribution >= 0.6 is 11.8 Å². The van der Waals surface area contributed by atoms with Crippen molar-refractivity contribution in [3.05, 3.63) is 140 Å². The van der Waals surface area contributed by atoms with Crippen molar-refractivity contribution in [2.75, 3.05) is 0 Å². The Kier molecular flexibility index (Phi) is 4.61. The fraction of sp³-hybridized carbons (Fsp3) is 0. The van der Waals surface area contributed by atoms with E-state index in [4.69, 9.17) is 0 Å². The average Bonchev–Trinajstić information content (AvgIpc) is 3.35. The lowest BCUT2D eigenvalue weighted by Gasteiger charge is -2.22. The van der Waals surface area contributed by atoms with Crippen LogP contribution in [-0.2, 0) is 0 Å². The topological polar surface area (TPSA) is 4.93 Å². The van der Waals surface area contributed by atoms with Crippen molar-refractivity contribution in [3.8, 4) is 27.9 Å². The van der Waals surface area contributed by atoms with Crippen LogP contribution in [0, 0.1) is 0 Å². The molecule has 0 spiro atoms. The van der Waals surface area contributed by atoms with Gasteiger partial charge in [-0.3, -0.25) is 0 Å². The van der Waals surface area contributed by atoms with Gasteiger partial charge >= 0.3 is 0 Å². The third kappa shape index (κ3) is 3.00. The first-order valence-corrected chi connectivity index (χ1v) is 14.5. The molecule has 0 atom stereocenters. The molecule has 0 saturated carbocycles. The number of hydrogen-bond acceptors (Lipinski definition) is 1. The zero-order valence-electron chi connectivity index (χ0n) is 21.6. The molecule has 0 fully saturated rings. The fourth-order valence-electron chi connectivity index (χ4n) is 6.71. The normalized spacial score (nSPS) is 12.4. The summed E-state index contributed by atoms with van der Waals surface area (Å²) in [6.07, 6.45) is 0. The van der Waals surface area contributed by atoms with Gasteiger partial charge in [0.15, 0.2) is 0 Å². The van der Waals surface area contributed by atoms with E-state index in [1.165, 1.54) is 81.1 Å². The van der Waals surface area contributed by atoms with Crippen LogP contribution in [0.1, 0.15) is 0 Å². The minimum Gasteiger partial charge on any atom is -0.309 e. The molecule has 8 aromatic rings. The molecule has 1 nitrogen and oxygen atoms in total. The second kappa shape index (κ2) is 8.35. The van der Waals surface area contributed by atoms with Crippen LogP contribution < -0.4 is 0 Å². The number of para-hydroxylation sites is 2. The zero-order chi connectivity index (χ0) is 26.2. The highest BCUT2D eigenvalue weighted by molar-refractivity contribution is 7.99. The summed E-state index contributed by atoms with van der Waals surface area (Å²) < 4.78 is 2.46. The van der Waals surface area contributed by atoms with Gasteiger partial charge in [-0.05, 0) is 69.2 Å². The largest absolute Gasteiger partial charge is 0.309 e. The maximum absolute atomic E-state index is 2.46. The van der Waals surface area contributed by atoms with E-state index in [0.29, 0.717) is 0 Å². The summed E-state index contributed by atoms with van der Waals surface area (Å²) in [6, 6.07) is 51.2. The summed E-state index contributed by atoms with van der Waals surface area (Å²) in [6.45, 7) is 0. The Morgan fingerprint density at radius 2 is 1.18 bits per heavy atom. The molecule has 0 unspecified atom stereocenters. The summed E-state index contributed by atoms with van der Waals surface area (Å²) in [5.41, 5.74) is 8.89. The Hall–Kier alpha value is -4.79. The minimum atomic E-state index is 1.18. The summed E-state index contributed by atoms with van der Waals surface area (Å²) in [5.74, 6) is 0. The highest BCUT2D eigenvalue weighted by atomic mass is 32.2. The van der Waals surface area contributed by atoms with Crippen molar-refractivity contribution in [1.29, 1.82) is 0 Å². The van der Waals surface area contributed by atoms with Crippen molar-refractivity contribution in [2.24, 2.45) is 0 Å². The molecule has 1 aromatic heterocycles. The third-order valence-electron chi connectivity index (χ3n) is 8.36. The molecule has 0 N–H and O–H groups in total. The lowest BCUT2D eigenvalue weighted by Crippen LogP contribution is -1.98. The Labute approximate surface area is 236 Å². The van der Waals surface area contributed by atoms with Crippen molar-refractivity contribution >= 4 is 55.1 Å². The standard InChI is InChI=1S/C38H23NS/c1-2-12-25(13-3-1)39-33-19-8-6-15-27(33)32-23-24-11-4-5-14-26(24)37(38(32)39)31-21-22-35-36-29(17-10-18-30(31)36)28-16-7-9-20-34(28)40-35/h1-23H. The smallest absolute Gasteiger partial charge is 0.0626 e. The van der Waals surface area contributed by atoms with Gasteiger partial charge in [0.05, 0.1) is 11.0 Å². The van der Waals surface area contributed by atoms with Gasteiger partial charge in [-0.1, -0.05) is 115 Å². The predicted octanol–water partition coefficient (Wildman–Crippen LogP) is 10.9. The molecule has 186 valence electrons. The summed E-state index contributed by atoms with van der Waals surface area (Å²) in [7, 11) is 0. The third-order valence-corrected chi connectivity index (χ3v) is 9.50. The van der Waals surface area contributed by atoms with E-state index in [1.807, 2.05) is 11.8 Å². The Balaban J connectivity index is 1.50. The van der Waals surface area contributed by atoms with Crippen LogP contribution in [0.25, 0.3) is 71.3 Å². The van der Waals surface area contributed by atoms with Crippen molar-refractivity contribution in [2.45, 2.75) is 9.79 Å². The number of rotatable bonds is 2. The van der Waals surface area contributed by atoms with Gasteiger partial charge < -0.3 is 4.57 Å². The van der Waals surface area contributed by atoms with E-state index in [1.54, 1.807) is 0 Å². The molecule has 1 aliphatic heterocycles. The summed E-state index contributed by atoms with van der Waals surface area (Å²) >= 11 is 1.88. The molecular weight excluding hydrogens is 502 g/mol. The molecule has 2 heterocycles. The highest BCUT2D eigenvalue weighted by Gasteiger charge is 2.24. The maximum atomic E-state index is 2.46. The van der Waals surface area contributed by atoms with Gasteiger partial charge in [0.25, 0.3) is 0 Å². The summed E-state index contributed by atoms with van der Waals surface area (Å²) in [5, 5.41) is 7.77. The van der Waals surface area contributed by atoms with Gasteiger partial charge in [-0.15, -0.1) is 0 Å². The van der Waals surface area contributed by atoms with Gasteiger partial charge in [-0.2, -0.15) is 0 Å². The van der Waals surface area contributed by atoms with E-state index < -0.39 is 0 Å². The van der Waals surface area contributed by atoms with Crippen LogP contribution in [0.5, 0.6) is 0 Å². The lowest BCUT2D eigenvalue weighted by atomic mass is 9.89. The first-order valence-electron chi connectivity index (χ1n) is 13.7. The molecule has 1 aliphatic rings. The molecule has 9 rings (SSSR count). The fourth-order valence-corrected chi connectivity index (χ4v) is 7.84. The average molecular weight is 526 g/mol. The van der Waals surface area contributed by atoms with Crippen LogP contribution in [0.15, 0.2) is 149 Å². The number of hydrogen-bond donors (Lipinski definition) is 0. The lowest BCUT2D eigenvalue weighted by molar-refractivity contribution is 1.18. The Bertz CT molecular complexity index is 2290. The van der Waals surface area contributed by atoms with Gasteiger partial charge in [0.1, 0.15) is 0 Å². The predicted molar refractivity (Wildman–Crippen MR) is 171 cm³/mol. The van der Waals surface area contributed by atoms with Crippen molar-refractivity contribution in [3.63, 3.8) is 0 Å². The Morgan fingerprint density at radius 1 is 0.450 bits per heavy atom. The van der Waals surface area contributed by atoms with E-state index >= 15 is 0 Å². The van der Waals surface area contributed by atoms with Crippen molar-refractivity contribution in [1.82, 2.24) is 4.57 Å². The first-order chi connectivity index (χ1) is 19.9. The van der Waals surface area contributed by atoms with E-state index in [0.717, 1.165) is 0 Å². The van der Waals surface area contributed by atoms with E-state index in [9.17, 15) is 0 Å². The van der Waals surface area contributed by atoms with Gasteiger partial charge in [-0.25, -0.2) is 0 Å². The quantitative estimate of drug-likeness (QED) is 0.217. The SMILES string of the molecule is c1ccc(-n2c3ccccc3c3cc4ccccc4c(-c4ccc5c6c(cccc46)-c4ccccc4S5)c32)cc1. The Morgan fingerprint density at radius 3 is 2.10 bits per heavy atom. The minimum absolute atomic E-state index is 1.18. The molecular formula is C38H23NS. The monoisotopic (exact) mass is 525 g/mol. The second-order valence-electron chi connectivity index (χ2n) is 10.5. The van der Waals surface area contributed by atoms with Crippen molar-refractivity contribution < 1.29 is 0 Å². The number of nitrogens with zero attached hydrogens (tertiary/aromatic N) is 1. The first kappa shape index (κ1) is 22.1. The van der Waals surface area contributed by atoms with Crippen LogP contribution in [0.2, 0.25) is 0 Å². The van der Waals surface area contributed by atoms with Crippen LogP contribution in [0.4, 0.5) is 0 Å². The van der Waals surface area contributed by atoms with Crippen LogP contribution in [0.3, 0.4) is 0 Å². The highest BCUT2D eigenvalue weighted by Crippen LogP contribution is 2.51. The maximum Gasteiger partial charge on any atom is 0.0626 e. The summed E-state index contributed by atoms with van der Waals surface area (Å²) in [4.78, 5) is 2.65. The molecule has 40 heavy (non-hydrogen) atoms. The molecule has 2 heteroatoms. The number of fused-ring (bicyclic) bond motifs is 6. The molecule has 0 amide bonds. The zero-order valence-corrected chi connectivity index (χ0v) is 22.5. The van der Waals surface area contributed by atoms with Crippen LogP contribution in [-0.4, -0.2) is 4.57 Å². The molecule has 0 bridgehead atoms. The number of aromatic nitrogens is 1. The van der Waals surface area contributed by atoms with Gasteiger partial charge in [0.2, 0.25) is 0 Å². The molecule has 7 aromatic carbocycles. The second-order valence-corrected chi connectivity index (χ2v) is 11.6. The van der Waals surface area contributed by atoms with Gasteiger partial charge in [0, 0.05) is 37.2 Å². The molecule has 0 aliphatic carbocycles.